The molecule has 6 heteroatoms. The van der Waals surface area contributed by atoms with Gasteiger partial charge in [-0.05, 0) is 36.5 Å². The van der Waals surface area contributed by atoms with Crippen molar-refractivity contribution in [3.63, 3.8) is 0 Å². The van der Waals surface area contributed by atoms with E-state index in [1.165, 1.54) is 0 Å². The number of methoxy groups -OCH3 is 1. The molecule has 1 heterocycles. The van der Waals surface area contributed by atoms with Gasteiger partial charge in [0.05, 0.1) is 12.5 Å². The number of carboxylic acids is 1. The predicted octanol–water partition coefficient (Wildman–Crippen LogP) is 1.69. The molecule has 2 rings (SSSR count). The van der Waals surface area contributed by atoms with Gasteiger partial charge in [0.1, 0.15) is 0 Å². The highest BCUT2D eigenvalue weighted by Gasteiger charge is 2.30. The molecule has 0 radical (unpaired) electrons. The van der Waals surface area contributed by atoms with Gasteiger partial charge in [-0.2, -0.15) is 0 Å². The molecule has 0 aliphatic carbocycles. The molecule has 1 aliphatic rings. The van der Waals surface area contributed by atoms with E-state index in [1.54, 1.807) is 19.2 Å². The number of hydrogen-bond donors (Lipinski definition) is 2. The summed E-state index contributed by atoms with van der Waals surface area (Å²) in [7, 11) is 1.61. The molecule has 1 atom stereocenters. The molecule has 2 N–H and O–H groups in total. The monoisotopic (exact) mass is 321 g/mol. The number of aliphatic carboxylic acids is 1. The van der Waals surface area contributed by atoms with E-state index in [0.717, 1.165) is 18.4 Å². The molecule has 1 amide bonds. The van der Waals surface area contributed by atoms with Crippen molar-refractivity contribution in [3.05, 3.63) is 35.4 Å². The molecule has 1 fully saturated rings. The van der Waals surface area contributed by atoms with Crippen LogP contribution in [0.1, 0.15) is 28.8 Å². The molecule has 1 aromatic carbocycles. The average Bonchev–Trinajstić information content (AvgIpc) is 2.56. The number of carbonyl (C=O) groups is 2. The lowest BCUT2D eigenvalue weighted by Gasteiger charge is -2.27. The first-order valence-corrected chi connectivity index (χ1v) is 7.78. The minimum atomic E-state index is -0.868. The third-order valence-electron chi connectivity index (χ3n) is 4.16. The minimum Gasteiger partial charge on any atom is -0.481 e. The van der Waals surface area contributed by atoms with Crippen LogP contribution in [0, 0.1) is 11.8 Å². The molecular weight excluding hydrogens is 298 g/mol. The van der Waals surface area contributed by atoms with Crippen molar-refractivity contribution >= 4 is 11.9 Å². The first-order chi connectivity index (χ1) is 11.1. The molecule has 126 valence electrons. The minimum absolute atomic E-state index is 0.0469. The molecule has 0 spiro atoms. The molecule has 1 unspecified atom stereocenters. The Morgan fingerprint density at radius 1 is 1.30 bits per heavy atom. The summed E-state index contributed by atoms with van der Waals surface area (Å²) in [6.07, 6.45) is 1.44. The van der Waals surface area contributed by atoms with Gasteiger partial charge >= 0.3 is 5.97 Å². The first-order valence-electron chi connectivity index (χ1n) is 7.78. The molecular formula is C17H23NO5. The first kappa shape index (κ1) is 17.4. The van der Waals surface area contributed by atoms with Crippen LogP contribution in [0.15, 0.2) is 24.3 Å². The number of rotatable bonds is 7. The van der Waals surface area contributed by atoms with Crippen LogP contribution < -0.4 is 5.32 Å². The van der Waals surface area contributed by atoms with E-state index in [4.69, 9.17) is 9.47 Å². The van der Waals surface area contributed by atoms with Gasteiger partial charge in [0.15, 0.2) is 0 Å². The Morgan fingerprint density at radius 2 is 1.96 bits per heavy atom. The van der Waals surface area contributed by atoms with E-state index >= 15 is 0 Å². The Labute approximate surface area is 135 Å². The summed E-state index contributed by atoms with van der Waals surface area (Å²) < 4.78 is 10.3. The summed E-state index contributed by atoms with van der Waals surface area (Å²) in [5.74, 6) is -1.65. The van der Waals surface area contributed by atoms with Crippen LogP contribution in [-0.2, 0) is 20.9 Å². The number of benzene rings is 1. The van der Waals surface area contributed by atoms with Crippen molar-refractivity contribution in [3.8, 4) is 0 Å². The van der Waals surface area contributed by atoms with Gasteiger partial charge in [0, 0.05) is 32.4 Å². The van der Waals surface area contributed by atoms with Crippen molar-refractivity contribution in [2.75, 3.05) is 26.9 Å². The van der Waals surface area contributed by atoms with E-state index in [0.29, 0.717) is 25.4 Å². The van der Waals surface area contributed by atoms with Gasteiger partial charge in [-0.1, -0.05) is 12.1 Å². The Kier molecular flexibility index (Phi) is 6.55. The largest absolute Gasteiger partial charge is 0.481 e. The molecule has 23 heavy (non-hydrogen) atoms. The summed E-state index contributed by atoms with van der Waals surface area (Å²) in [6, 6.07) is 7.08. The molecule has 0 saturated carbocycles. The highest BCUT2D eigenvalue weighted by molar-refractivity contribution is 5.94. The van der Waals surface area contributed by atoms with Crippen LogP contribution in [0.2, 0.25) is 0 Å². The Hall–Kier alpha value is -1.92. The molecule has 1 saturated heterocycles. The Morgan fingerprint density at radius 3 is 2.52 bits per heavy atom. The van der Waals surface area contributed by atoms with Crippen molar-refractivity contribution in [2.45, 2.75) is 19.4 Å². The van der Waals surface area contributed by atoms with Gasteiger partial charge in [-0.15, -0.1) is 0 Å². The Bertz CT molecular complexity index is 522. The van der Waals surface area contributed by atoms with Crippen LogP contribution in [-0.4, -0.2) is 43.9 Å². The van der Waals surface area contributed by atoms with Gasteiger partial charge in [0.25, 0.3) is 5.91 Å². The lowest BCUT2D eigenvalue weighted by Crippen LogP contribution is -2.39. The van der Waals surface area contributed by atoms with Crippen LogP contribution in [0.3, 0.4) is 0 Å². The van der Waals surface area contributed by atoms with Gasteiger partial charge in [-0.3, -0.25) is 9.59 Å². The standard InChI is InChI=1S/C17H23NO5/c1-22-11-12-2-4-14(5-3-12)16(19)18-10-15(17(20)21)13-6-8-23-9-7-13/h2-5,13,15H,6-11H2,1H3,(H,18,19)(H,20,21). The number of carboxylic acid groups (broad SMARTS) is 1. The number of carbonyl (C=O) groups excluding carboxylic acids is 1. The number of ether oxygens (including phenoxy) is 2. The molecule has 1 aromatic rings. The Balaban J connectivity index is 1.91. The van der Waals surface area contributed by atoms with Crippen LogP contribution in [0.25, 0.3) is 0 Å². The second kappa shape index (κ2) is 8.64. The number of hydrogen-bond acceptors (Lipinski definition) is 4. The third kappa shape index (κ3) is 5.04. The fourth-order valence-electron chi connectivity index (χ4n) is 2.80. The summed E-state index contributed by atoms with van der Waals surface area (Å²) in [5, 5.41) is 12.1. The lowest BCUT2D eigenvalue weighted by molar-refractivity contribution is -0.144. The maximum absolute atomic E-state index is 12.2. The van der Waals surface area contributed by atoms with E-state index in [-0.39, 0.29) is 18.4 Å². The van der Waals surface area contributed by atoms with E-state index in [1.807, 2.05) is 12.1 Å². The smallest absolute Gasteiger partial charge is 0.308 e. The van der Waals surface area contributed by atoms with Gasteiger partial charge in [0.2, 0.25) is 0 Å². The zero-order valence-corrected chi connectivity index (χ0v) is 13.3. The third-order valence-corrected chi connectivity index (χ3v) is 4.16. The lowest BCUT2D eigenvalue weighted by atomic mass is 9.86. The molecule has 6 nitrogen and oxygen atoms in total. The predicted molar refractivity (Wildman–Crippen MR) is 84.2 cm³/mol. The van der Waals surface area contributed by atoms with Gasteiger partial charge < -0.3 is 19.9 Å². The second-order valence-corrected chi connectivity index (χ2v) is 5.73. The highest BCUT2D eigenvalue weighted by atomic mass is 16.5. The second-order valence-electron chi connectivity index (χ2n) is 5.73. The zero-order valence-electron chi connectivity index (χ0n) is 13.3. The van der Waals surface area contributed by atoms with Crippen molar-refractivity contribution in [2.24, 2.45) is 11.8 Å². The van der Waals surface area contributed by atoms with Crippen LogP contribution >= 0.6 is 0 Å². The SMILES string of the molecule is COCc1ccc(C(=O)NCC(C(=O)O)C2CCOCC2)cc1. The highest BCUT2D eigenvalue weighted by Crippen LogP contribution is 2.23. The topological polar surface area (TPSA) is 84.9 Å². The summed E-state index contributed by atoms with van der Waals surface area (Å²) >= 11 is 0. The molecule has 1 aliphatic heterocycles. The van der Waals surface area contributed by atoms with E-state index in [2.05, 4.69) is 5.32 Å². The molecule has 0 aromatic heterocycles. The molecule has 0 bridgehead atoms. The maximum Gasteiger partial charge on any atom is 0.308 e. The fraction of sp³-hybridized carbons (Fsp3) is 0.529. The van der Waals surface area contributed by atoms with E-state index in [9.17, 15) is 14.7 Å². The normalized spacial score (nSPS) is 16.7. The van der Waals surface area contributed by atoms with Crippen molar-refractivity contribution < 1.29 is 24.2 Å². The zero-order chi connectivity index (χ0) is 16.7. The number of nitrogens with one attached hydrogen (secondary N) is 1. The van der Waals surface area contributed by atoms with Crippen LogP contribution in [0.5, 0.6) is 0 Å². The van der Waals surface area contributed by atoms with Crippen molar-refractivity contribution in [1.29, 1.82) is 0 Å². The fourth-order valence-corrected chi connectivity index (χ4v) is 2.80. The number of amides is 1. The summed E-state index contributed by atoms with van der Waals surface area (Å²) in [6.45, 7) is 1.80. The van der Waals surface area contributed by atoms with Crippen molar-refractivity contribution in [1.82, 2.24) is 5.32 Å². The van der Waals surface area contributed by atoms with Crippen LogP contribution in [0.4, 0.5) is 0 Å². The maximum atomic E-state index is 12.2. The van der Waals surface area contributed by atoms with Gasteiger partial charge in [-0.25, -0.2) is 0 Å². The quantitative estimate of drug-likeness (QED) is 0.798. The van der Waals surface area contributed by atoms with E-state index < -0.39 is 11.9 Å². The summed E-state index contributed by atoms with van der Waals surface area (Å²) in [5.41, 5.74) is 1.50. The average molecular weight is 321 g/mol. The summed E-state index contributed by atoms with van der Waals surface area (Å²) in [4.78, 5) is 23.6.